The van der Waals surface area contributed by atoms with Gasteiger partial charge in [0.15, 0.2) is 11.5 Å². The molecule has 0 atom stereocenters. The van der Waals surface area contributed by atoms with Crippen molar-refractivity contribution in [1.29, 1.82) is 0 Å². The quantitative estimate of drug-likeness (QED) is 0.0647. The van der Waals surface area contributed by atoms with Crippen LogP contribution < -0.4 is 29.3 Å². The fourth-order valence-electron chi connectivity index (χ4n) is 15.5. The fraction of sp³-hybridized carbons (Fsp3) is 0.307. The number of imide groups is 2. The van der Waals surface area contributed by atoms with Crippen molar-refractivity contribution in [2.75, 3.05) is 22.2 Å². The summed E-state index contributed by atoms with van der Waals surface area (Å²) >= 11 is 3.92. The number of carbonyl (C=O) groups excluding carboxylic acids is 5. The average Bonchev–Trinajstić information content (AvgIpc) is 0.692. The molecule has 4 heterocycles. The minimum absolute atomic E-state index is 0.103. The number of ether oxygens (including phenoxy) is 3. The molecule has 506 valence electrons. The third-order valence-corrected chi connectivity index (χ3v) is 24.6. The van der Waals surface area contributed by atoms with Gasteiger partial charge in [0.2, 0.25) is 0 Å². The molecular weight excluding hydrogens is 1310 g/mol. The molecule has 11 aromatic rings. The highest BCUT2D eigenvalue weighted by molar-refractivity contribution is 9.10. The summed E-state index contributed by atoms with van der Waals surface area (Å²) in [6, 6.07) is 47.3. The first kappa shape index (κ1) is 66.2. The van der Waals surface area contributed by atoms with Crippen molar-refractivity contribution in [3.63, 3.8) is 0 Å². The lowest BCUT2D eigenvalue weighted by molar-refractivity contribution is 0.0877. The highest BCUT2D eigenvalue weighted by atomic mass is 79.9. The zero-order valence-corrected chi connectivity index (χ0v) is 61.8. The molecule has 15 rings (SSSR count). The Balaban J connectivity index is 0.837. The highest BCUT2D eigenvalue weighted by Crippen LogP contribution is 2.59. The molecule has 0 saturated carbocycles. The Bertz CT molecular complexity index is 5320. The predicted octanol–water partition coefficient (Wildman–Crippen LogP) is 22.6. The molecule has 4 aliphatic heterocycles. The number of halogens is 1. The molecule has 0 saturated heterocycles. The van der Waals surface area contributed by atoms with Crippen LogP contribution in [0.4, 0.5) is 17.1 Å². The Kier molecular flexibility index (Phi) is 15.0. The van der Waals surface area contributed by atoms with E-state index in [4.69, 9.17) is 14.2 Å². The van der Waals surface area contributed by atoms with Crippen molar-refractivity contribution in [1.82, 2.24) is 0 Å². The highest BCUT2D eigenvalue weighted by Gasteiger charge is 2.47. The molecule has 0 radical (unpaired) electrons. The van der Waals surface area contributed by atoms with Crippen molar-refractivity contribution < 1.29 is 38.2 Å². The van der Waals surface area contributed by atoms with Gasteiger partial charge in [-0.05, 0) is 202 Å². The van der Waals surface area contributed by atoms with Gasteiger partial charge in [0.1, 0.15) is 17.2 Å². The van der Waals surface area contributed by atoms with E-state index in [9.17, 15) is 0 Å². The van der Waals surface area contributed by atoms with Crippen LogP contribution in [0.1, 0.15) is 233 Å². The van der Waals surface area contributed by atoms with Gasteiger partial charge in [-0.15, -0.1) is 0 Å². The zero-order chi connectivity index (χ0) is 71.1. The minimum Gasteiger partial charge on any atom is -0.497 e. The summed E-state index contributed by atoms with van der Waals surface area (Å²) in [5.74, 6) is 0.214. The number of anilines is 3. The molecule has 12 heteroatoms. The van der Waals surface area contributed by atoms with Gasteiger partial charge in [0, 0.05) is 71.8 Å². The lowest BCUT2D eigenvalue weighted by Gasteiger charge is -2.40. The van der Waals surface area contributed by atoms with Crippen LogP contribution in [0.2, 0.25) is 0 Å². The van der Waals surface area contributed by atoms with E-state index in [2.05, 4.69) is 162 Å². The second kappa shape index (κ2) is 22.7. The zero-order valence-electron chi connectivity index (χ0n) is 60.2. The van der Waals surface area contributed by atoms with Crippen LogP contribution in [-0.2, 0) is 32.5 Å². The van der Waals surface area contributed by atoms with Gasteiger partial charge in [-0.3, -0.25) is 24.0 Å². The fourth-order valence-corrected chi connectivity index (χ4v) is 16.1. The number of hydrogen-bond acceptors (Lipinski definition) is 8. The largest absolute Gasteiger partial charge is 0.497 e. The number of methoxy groups -OCH3 is 1. The Morgan fingerprint density at radius 1 is 0.430 bits per heavy atom. The molecular formula is C88H84BrN3O8. The van der Waals surface area contributed by atoms with Crippen LogP contribution in [0.5, 0.6) is 28.7 Å². The maximum Gasteiger partial charge on any atom is 0.266 e. The Morgan fingerprint density at radius 3 is 1.13 bits per heavy atom. The third kappa shape index (κ3) is 9.65. The molecule has 0 aliphatic carbocycles. The van der Waals surface area contributed by atoms with Crippen molar-refractivity contribution in [3.8, 4) is 39.9 Å². The Morgan fingerprint density at radius 2 is 0.760 bits per heavy atom. The lowest BCUT2D eigenvalue weighted by Crippen LogP contribution is -2.42. The summed E-state index contributed by atoms with van der Waals surface area (Å²) in [7, 11) is 1.64. The van der Waals surface area contributed by atoms with E-state index in [1.807, 2.05) is 103 Å². The van der Waals surface area contributed by atoms with Gasteiger partial charge in [-0.25, -0.2) is 9.80 Å². The first-order valence-electron chi connectivity index (χ1n) is 35.1. The summed E-state index contributed by atoms with van der Waals surface area (Å²) in [6.45, 7) is 34.9. The number of hydrogen-bond donors (Lipinski definition) is 1. The molecule has 11 nitrogen and oxygen atoms in total. The first-order chi connectivity index (χ1) is 47.3. The normalized spacial score (nSPS) is 15.5. The molecule has 11 aromatic carbocycles. The number of fused-ring (bicyclic) bond motifs is 6. The van der Waals surface area contributed by atoms with Crippen LogP contribution in [0, 0.1) is 0 Å². The molecule has 100 heavy (non-hydrogen) atoms. The number of benzene rings is 11. The van der Waals surface area contributed by atoms with Crippen molar-refractivity contribution in [2.45, 2.75) is 169 Å². The van der Waals surface area contributed by atoms with E-state index >= 15 is 24.0 Å². The number of amides is 5. The van der Waals surface area contributed by atoms with Crippen LogP contribution in [0.3, 0.4) is 0 Å². The van der Waals surface area contributed by atoms with Gasteiger partial charge in [-0.2, -0.15) is 0 Å². The van der Waals surface area contributed by atoms with E-state index in [0.29, 0.717) is 73.0 Å². The van der Waals surface area contributed by atoms with E-state index in [1.54, 1.807) is 19.2 Å². The molecule has 0 unspecified atom stereocenters. The van der Waals surface area contributed by atoms with E-state index < -0.39 is 39.9 Å². The topological polar surface area (TPSA) is 132 Å². The van der Waals surface area contributed by atoms with Gasteiger partial charge in [0.25, 0.3) is 29.5 Å². The molecule has 0 spiro atoms. The lowest BCUT2D eigenvalue weighted by atomic mass is 9.70. The van der Waals surface area contributed by atoms with Gasteiger partial charge >= 0.3 is 0 Å². The standard InChI is InChI=1S/C88H84BrN3O8/c1-18-83(5,6)48-38-62(78(93)90-52-26-22-46(23-27-52)47-24-28-53(98-17)29-25-47)74-63(39-48)87(13,14)65-41-50(85(9,10)20-3)44-68(76(65)99-74)91-79(94)58-34-30-54-56-32-36-60-73-61(37-33-57(71(56)73)55-31-35-59(80(91)95)72(58)70(54)55)82(97)92(81(60)96)69-45-51(86(11,12)21-4)42-66-77(69)100-75-64(88(66,15)16)40-49(43-67(75)89)84(7,8)19-2/h22-45H,18-21H2,1-17H3,(H,90,93). The summed E-state index contributed by atoms with van der Waals surface area (Å²) in [5.41, 5.74) is 9.99. The van der Waals surface area contributed by atoms with E-state index in [0.717, 1.165) is 118 Å². The molecule has 0 aromatic heterocycles. The smallest absolute Gasteiger partial charge is 0.266 e. The third-order valence-electron chi connectivity index (χ3n) is 24.0. The van der Waals surface area contributed by atoms with Gasteiger partial charge in [0.05, 0.1) is 28.5 Å². The molecule has 0 fully saturated rings. The summed E-state index contributed by atoms with van der Waals surface area (Å²) in [4.78, 5) is 81.3. The summed E-state index contributed by atoms with van der Waals surface area (Å²) < 4.78 is 20.5. The number of nitrogens with zero attached hydrogens (tertiary/aromatic N) is 2. The molecule has 1 N–H and O–H groups in total. The van der Waals surface area contributed by atoms with Crippen molar-refractivity contribution in [2.24, 2.45) is 0 Å². The average molecular weight is 1390 g/mol. The van der Waals surface area contributed by atoms with Gasteiger partial charge in [-0.1, -0.05) is 184 Å². The summed E-state index contributed by atoms with van der Waals surface area (Å²) in [6.07, 6.45) is 3.30. The number of nitrogens with one attached hydrogen (secondary N) is 1. The first-order valence-corrected chi connectivity index (χ1v) is 35.9. The monoisotopic (exact) mass is 1390 g/mol. The molecule has 4 aliphatic rings. The Hall–Kier alpha value is -9.65. The maximum atomic E-state index is 16.0. The van der Waals surface area contributed by atoms with E-state index in [-0.39, 0.29) is 27.8 Å². The number of carbonyl (C=O) groups is 5. The minimum atomic E-state index is -0.821. The molecule has 0 bridgehead atoms. The SMILES string of the molecule is CCC(C)(C)c1cc(Br)c2c(c1)C(C)(C)c1cc(C(C)(C)CC)cc(N3C(=O)c4ccc5c6ccc7c8c(ccc(c9ccc(c4c59)C3=O)c86)C(=O)N(c3cc(C(C)(C)CC)cc4c3Oc3c(C(=O)Nc5ccc(-c6ccc(OC)cc6)cc5)cc(C(C)(C)CC)cc3C4(C)C)C7=O)c1O2. The number of rotatable bonds is 14. The Labute approximate surface area is 593 Å². The van der Waals surface area contributed by atoms with Gasteiger partial charge < -0.3 is 19.5 Å². The van der Waals surface area contributed by atoms with Crippen molar-refractivity contribution >= 4 is 106 Å². The second-order valence-corrected chi connectivity index (χ2v) is 32.5. The maximum absolute atomic E-state index is 16.0. The van der Waals surface area contributed by atoms with Crippen LogP contribution in [-0.4, -0.2) is 36.6 Å². The second-order valence-electron chi connectivity index (χ2n) is 31.7. The molecule has 5 amide bonds. The van der Waals surface area contributed by atoms with Crippen LogP contribution in [0.15, 0.2) is 150 Å². The summed E-state index contributed by atoms with van der Waals surface area (Å²) in [5, 5.41) is 8.83. The predicted molar refractivity (Wildman–Crippen MR) is 407 cm³/mol. The van der Waals surface area contributed by atoms with Crippen LogP contribution in [0.25, 0.3) is 54.2 Å². The van der Waals surface area contributed by atoms with E-state index in [1.165, 1.54) is 15.4 Å². The van der Waals surface area contributed by atoms with Crippen molar-refractivity contribution in [3.05, 3.63) is 222 Å². The van der Waals surface area contributed by atoms with Crippen LogP contribution >= 0.6 is 15.9 Å².